The maximum Gasteiger partial charge on any atom is 0.253 e. The molecular weight excluding hydrogens is 669 g/mol. The van der Waals surface area contributed by atoms with Gasteiger partial charge in [-0.1, -0.05) is 39.1 Å². The number of carbonyl (C=O) groups excluding carboxylic acids is 4. The Hall–Kier alpha value is -3.08. The zero-order valence-electron chi connectivity index (χ0n) is 23.8. The van der Waals surface area contributed by atoms with Gasteiger partial charge < -0.3 is 15.6 Å². The number of H-pyrrole nitrogens is 1. The first-order valence-corrected chi connectivity index (χ1v) is 16.6. The molecule has 1 saturated heterocycles. The lowest BCUT2D eigenvalue weighted by Gasteiger charge is -2.24. The fourth-order valence-corrected chi connectivity index (χ4v) is 7.49. The number of hydrogen-bond donors (Lipinski definition) is 3. The highest BCUT2D eigenvalue weighted by atomic mass is 79.9. The molecule has 3 aromatic rings. The number of aryl methyl sites for hydroxylation is 2. The van der Waals surface area contributed by atoms with Gasteiger partial charge in [0.05, 0.1) is 22.5 Å². The fraction of sp³-hybridized carbons (Fsp3) is 0.438. The van der Waals surface area contributed by atoms with Crippen LogP contribution in [0.3, 0.4) is 0 Å². The van der Waals surface area contributed by atoms with E-state index < -0.39 is 0 Å². The van der Waals surface area contributed by atoms with Crippen molar-refractivity contribution in [2.45, 2.75) is 86.5 Å². The monoisotopic (exact) mass is 697 g/mol. The van der Waals surface area contributed by atoms with Gasteiger partial charge in [0.15, 0.2) is 5.78 Å². The average Bonchev–Trinajstić information content (AvgIpc) is 3.87. The van der Waals surface area contributed by atoms with Crippen LogP contribution >= 0.6 is 39.1 Å². The Balaban J connectivity index is 0.000000116. The van der Waals surface area contributed by atoms with Gasteiger partial charge in [-0.05, 0) is 80.2 Å². The molecular formula is C32H30BrCl2N5O4. The second kappa shape index (κ2) is 11.1. The topological polar surface area (TPSA) is 134 Å². The van der Waals surface area contributed by atoms with Crippen LogP contribution in [0.4, 0.5) is 0 Å². The second-order valence-electron chi connectivity index (χ2n) is 12.7. The maximum absolute atomic E-state index is 12.5. The number of amides is 2. The number of nitrogens with one attached hydrogen (secondary N) is 3. The predicted molar refractivity (Wildman–Crippen MR) is 169 cm³/mol. The lowest BCUT2D eigenvalue weighted by molar-refractivity contribution is -0.132. The van der Waals surface area contributed by atoms with Crippen LogP contribution in [0.2, 0.25) is 10.3 Å². The lowest BCUT2D eigenvalue weighted by atomic mass is 9.88. The van der Waals surface area contributed by atoms with E-state index in [1.54, 1.807) is 12.3 Å². The molecule has 12 heteroatoms. The average molecular weight is 699 g/mol. The highest BCUT2D eigenvalue weighted by molar-refractivity contribution is 9.10. The lowest BCUT2D eigenvalue weighted by Crippen LogP contribution is -2.44. The van der Waals surface area contributed by atoms with Crippen molar-refractivity contribution in [2.24, 2.45) is 0 Å². The normalized spacial score (nSPS) is 22.6. The number of ketones is 2. The molecule has 2 aliphatic heterocycles. The van der Waals surface area contributed by atoms with Gasteiger partial charge in [0.2, 0.25) is 5.91 Å². The van der Waals surface area contributed by atoms with Crippen molar-refractivity contribution in [1.82, 2.24) is 25.6 Å². The van der Waals surface area contributed by atoms with Gasteiger partial charge in [-0.2, -0.15) is 0 Å². The molecule has 4 aliphatic carbocycles. The Bertz CT molecular complexity index is 1730. The Kier molecular flexibility index (Phi) is 7.45. The van der Waals surface area contributed by atoms with Crippen LogP contribution in [0, 0.1) is 0 Å². The second-order valence-corrected chi connectivity index (χ2v) is 14.5. The van der Waals surface area contributed by atoms with Crippen LogP contribution < -0.4 is 10.6 Å². The van der Waals surface area contributed by atoms with Crippen LogP contribution in [-0.4, -0.2) is 54.2 Å². The van der Waals surface area contributed by atoms with E-state index in [1.807, 2.05) is 12.3 Å². The van der Waals surface area contributed by atoms with Crippen LogP contribution in [0.1, 0.15) is 88.0 Å². The van der Waals surface area contributed by atoms with Gasteiger partial charge in [0.1, 0.15) is 16.1 Å². The zero-order valence-corrected chi connectivity index (χ0v) is 26.9. The molecule has 2 amide bonds. The SMILES string of the molecule is O=C1CC(=O)NC2(CC2)C1.O=C1NC2(CC2)Cc2[nH]c3c(c21)CCc1cnc(Cl)cc1-3.O=C1c2cc(Cl)ncc2CCC1Br. The number of Topliss-reactive ketones (excluding diaryl/α,β-unsaturated/α-hetero) is 2. The first kappa shape index (κ1) is 29.6. The van der Waals surface area contributed by atoms with Crippen molar-refractivity contribution in [1.29, 1.82) is 0 Å². The van der Waals surface area contributed by atoms with E-state index >= 15 is 0 Å². The molecule has 3 aromatic heterocycles. The smallest absolute Gasteiger partial charge is 0.253 e. The minimum atomic E-state index is -0.0891. The molecule has 44 heavy (non-hydrogen) atoms. The van der Waals surface area contributed by atoms with Crippen molar-refractivity contribution < 1.29 is 19.2 Å². The molecule has 2 spiro atoms. The largest absolute Gasteiger partial charge is 0.357 e. The van der Waals surface area contributed by atoms with Crippen molar-refractivity contribution in [3.05, 3.63) is 68.3 Å². The third-order valence-electron chi connectivity index (χ3n) is 9.34. The summed E-state index contributed by atoms with van der Waals surface area (Å²) in [6.45, 7) is 0. The van der Waals surface area contributed by atoms with Gasteiger partial charge in [-0.25, -0.2) is 9.97 Å². The van der Waals surface area contributed by atoms with E-state index in [2.05, 4.69) is 41.5 Å². The summed E-state index contributed by atoms with van der Waals surface area (Å²) in [5.41, 5.74) is 8.17. The van der Waals surface area contributed by atoms with Crippen LogP contribution in [-0.2, 0) is 35.3 Å². The molecule has 9 nitrogen and oxygen atoms in total. The summed E-state index contributed by atoms with van der Waals surface area (Å²) in [7, 11) is 0. The summed E-state index contributed by atoms with van der Waals surface area (Å²) in [6.07, 6.45) is 12.8. The highest BCUT2D eigenvalue weighted by Gasteiger charge is 2.49. The molecule has 0 aromatic carbocycles. The van der Waals surface area contributed by atoms with E-state index in [-0.39, 0.29) is 45.7 Å². The van der Waals surface area contributed by atoms with Gasteiger partial charge in [-0.15, -0.1) is 0 Å². The minimum absolute atomic E-state index is 0.0379. The van der Waals surface area contributed by atoms with Gasteiger partial charge in [-0.3, -0.25) is 19.2 Å². The number of alkyl halides is 1. The molecule has 1 atom stereocenters. The number of halogens is 3. The minimum Gasteiger partial charge on any atom is -0.357 e. The molecule has 2 saturated carbocycles. The first-order chi connectivity index (χ1) is 21.0. The molecule has 6 aliphatic rings. The van der Waals surface area contributed by atoms with Crippen LogP contribution in [0.5, 0.6) is 0 Å². The van der Waals surface area contributed by atoms with Crippen LogP contribution in [0.15, 0.2) is 24.5 Å². The van der Waals surface area contributed by atoms with E-state index in [9.17, 15) is 19.2 Å². The molecule has 3 N–H and O–H groups in total. The summed E-state index contributed by atoms with van der Waals surface area (Å²) in [6, 6.07) is 3.55. The molecule has 5 heterocycles. The third-order valence-corrected chi connectivity index (χ3v) is 10.6. The third kappa shape index (κ3) is 5.72. The molecule has 0 radical (unpaired) electrons. The summed E-state index contributed by atoms with van der Waals surface area (Å²) in [5.74, 6) is 0.218. The van der Waals surface area contributed by atoms with E-state index in [1.165, 1.54) is 5.56 Å². The predicted octanol–water partition coefficient (Wildman–Crippen LogP) is 5.27. The maximum atomic E-state index is 12.5. The van der Waals surface area contributed by atoms with E-state index in [4.69, 9.17) is 23.2 Å². The number of aromatic nitrogens is 3. The zero-order chi connectivity index (χ0) is 30.8. The number of rotatable bonds is 0. The Morgan fingerprint density at radius 2 is 1.45 bits per heavy atom. The van der Waals surface area contributed by atoms with Gasteiger partial charge >= 0.3 is 0 Å². The first-order valence-electron chi connectivity index (χ1n) is 14.9. The summed E-state index contributed by atoms with van der Waals surface area (Å²) in [4.78, 5) is 57.4. The van der Waals surface area contributed by atoms with Crippen molar-refractivity contribution in [3.63, 3.8) is 0 Å². The fourth-order valence-electron chi connectivity index (χ4n) is 6.70. The molecule has 9 rings (SSSR count). The summed E-state index contributed by atoms with van der Waals surface area (Å²) < 4.78 is 0. The molecule has 0 bridgehead atoms. The Morgan fingerprint density at radius 1 is 0.818 bits per heavy atom. The van der Waals surface area contributed by atoms with Crippen molar-refractivity contribution in [3.8, 4) is 11.3 Å². The number of carbonyl (C=O) groups is 4. The van der Waals surface area contributed by atoms with Crippen molar-refractivity contribution in [2.75, 3.05) is 0 Å². The van der Waals surface area contributed by atoms with Gasteiger partial charge in [0, 0.05) is 53.1 Å². The van der Waals surface area contributed by atoms with E-state index in [0.717, 1.165) is 91.4 Å². The Morgan fingerprint density at radius 3 is 2.11 bits per heavy atom. The molecule has 228 valence electrons. The Labute approximate surface area is 272 Å². The standard InChI is InChI=1S/C16H14ClN3O.C9H7BrClNO.C7H9NO2/c17-12-5-10-8(7-18-12)1-2-9-13-11(19-14(9)10)6-16(3-4-16)20-15(13)21;10-7-2-1-5-4-12-8(11)3-6(5)9(7)13;9-5-3-6(10)8-7(4-5)1-2-7/h5,7,19H,1-4,6H2,(H,20,21);3-4,7H,1-2H2;1-4H2,(H,8,10). The number of aromatic amines is 1. The van der Waals surface area contributed by atoms with Crippen molar-refractivity contribution >= 4 is 62.5 Å². The van der Waals surface area contributed by atoms with Crippen LogP contribution in [0.25, 0.3) is 11.3 Å². The molecule has 3 fully saturated rings. The van der Waals surface area contributed by atoms with Gasteiger partial charge in [0.25, 0.3) is 5.91 Å². The number of fused-ring (bicyclic) bond motifs is 6. The number of piperidine rings is 1. The summed E-state index contributed by atoms with van der Waals surface area (Å²) in [5, 5.41) is 6.92. The highest BCUT2D eigenvalue weighted by Crippen LogP contribution is 2.45. The molecule has 1 unspecified atom stereocenters. The van der Waals surface area contributed by atoms with E-state index in [0.29, 0.717) is 22.3 Å². The number of pyridine rings is 2. The number of hydrogen-bond acceptors (Lipinski definition) is 6. The quantitative estimate of drug-likeness (QED) is 0.166. The summed E-state index contributed by atoms with van der Waals surface area (Å²) >= 11 is 15.1. The number of nitrogens with zero attached hydrogens (tertiary/aromatic N) is 2.